The summed E-state index contributed by atoms with van der Waals surface area (Å²) in [7, 11) is 0. The number of thiazole rings is 1. The van der Waals surface area contributed by atoms with Gasteiger partial charge in [0.2, 0.25) is 0 Å². The van der Waals surface area contributed by atoms with Crippen LogP contribution in [0.5, 0.6) is 0 Å². The van der Waals surface area contributed by atoms with Crippen molar-refractivity contribution in [2.45, 2.75) is 32.2 Å². The first-order valence-corrected chi connectivity index (χ1v) is 10.8. The van der Waals surface area contributed by atoms with Crippen LogP contribution in [-0.4, -0.2) is 32.9 Å². The van der Waals surface area contributed by atoms with Crippen molar-refractivity contribution in [1.29, 1.82) is 0 Å². The summed E-state index contributed by atoms with van der Waals surface area (Å²) in [6.07, 6.45) is -3.93. The van der Waals surface area contributed by atoms with Crippen LogP contribution in [0.1, 0.15) is 22.5 Å². The van der Waals surface area contributed by atoms with E-state index >= 15 is 0 Å². The van der Waals surface area contributed by atoms with Crippen LogP contribution in [0.15, 0.2) is 42.5 Å². The summed E-state index contributed by atoms with van der Waals surface area (Å²) in [5.41, 5.74) is 9.55. The zero-order valence-corrected chi connectivity index (χ0v) is 18.0. The molecule has 5 N–H and O–H groups in total. The Morgan fingerprint density at radius 2 is 1.94 bits per heavy atom. The number of H-pyrrole nitrogens is 1. The summed E-state index contributed by atoms with van der Waals surface area (Å²) in [6.45, 7) is 2.11. The van der Waals surface area contributed by atoms with Crippen molar-refractivity contribution in [1.82, 2.24) is 15.2 Å². The summed E-state index contributed by atoms with van der Waals surface area (Å²) in [4.78, 5) is 5.32. The Bertz CT molecular complexity index is 1220. The molecule has 0 unspecified atom stereocenters. The van der Waals surface area contributed by atoms with E-state index in [4.69, 9.17) is 5.73 Å². The van der Waals surface area contributed by atoms with E-state index in [0.717, 1.165) is 44.7 Å². The summed E-state index contributed by atoms with van der Waals surface area (Å²) < 4.78 is 38.1. The number of hydrogen-bond acceptors (Lipinski definition) is 6. The van der Waals surface area contributed by atoms with Crippen LogP contribution in [0.3, 0.4) is 0 Å². The number of nitrogens with zero attached hydrogens (tertiary/aromatic N) is 2. The van der Waals surface area contributed by atoms with Crippen LogP contribution < -0.4 is 11.1 Å². The van der Waals surface area contributed by atoms with Gasteiger partial charge in [0, 0.05) is 18.0 Å². The summed E-state index contributed by atoms with van der Waals surface area (Å²) >= 11 is 1.41. The van der Waals surface area contributed by atoms with Crippen molar-refractivity contribution in [2.75, 3.05) is 11.9 Å². The molecular weight excluding hydrogens is 439 g/mol. The number of aromatic nitrogens is 3. The Kier molecular flexibility index (Phi) is 6.18. The fraction of sp³-hybridized carbons (Fsp3) is 0.273. The molecule has 0 bridgehead atoms. The van der Waals surface area contributed by atoms with Gasteiger partial charge in [-0.15, -0.1) is 0 Å². The van der Waals surface area contributed by atoms with Crippen molar-refractivity contribution in [2.24, 2.45) is 5.73 Å². The van der Waals surface area contributed by atoms with Gasteiger partial charge in [-0.05, 0) is 48.7 Å². The molecule has 0 radical (unpaired) electrons. The highest BCUT2D eigenvalue weighted by Crippen LogP contribution is 2.35. The number of aromatic amines is 1. The lowest BCUT2D eigenvalue weighted by Crippen LogP contribution is -2.31. The van der Waals surface area contributed by atoms with Crippen LogP contribution in [-0.2, 0) is 19.2 Å². The number of halogens is 3. The van der Waals surface area contributed by atoms with Gasteiger partial charge in [-0.2, -0.15) is 18.3 Å². The van der Waals surface area contributed by atoms with E-state index in [1.165, 1.54) is 23.5 Å². The molecule has 10 heteroatoms. The van der Waals surface area contributed by atoms with E-state index in [9.17, 15) is 18.3 Å². The molecule has 0 aliphatic carbocycles. The molecule has 6 nitrogen and oxygen atoms in total. The molecular formula is C22H22F3N5OS. The molecule has 0 aliphatic rings. The van der Waals surface area contributed by atoms with Crippen molar-refractivity contribution >= 4 is 27.4 Å². The molecule has 0 amide bonds. The van der Waals surface area contributed by atoms with E-state index in [-0.39, 0.29) is 12.6 Å². The number of fused-ring (bicyclic) bond motifs is 1. The van der Waals surface area contributed by atoms with Gasteiger partial charge in [0.1, 0.15) is 0 Å². The SMILES string of the molecule is Cc1n[nH]c2ccc(-c3sc(NC[C@@H](N)Cc4ccc(C(F)(F)F)cc4)nc3CO)cc12. The fourth-order valence-electron chi connectivity index (χ4n) is 3.47. The molecule has 0 saturated carbocycles. The summed E-state index contributed by atoms with van der Waals surface area (Å²) in [5.74, 6) is 0. The minimum Gasteiger partial charge on any atom is -0.390 e. The molecule has 2 heterocycles. The molecule has 32 heavy (non-hydrogen) atoms. The van der Waals surface area contributed by atoms with Gasteiger partial charge in [-0.1, -0.05) is 29.5 Å². The van der Waals surface area contributed by atoms with Gasteiger partial charge in [0.05, 0.1) is 34.0 Å². The maximum absolute atomic E-state index is 12.7. The minimum absolute atomic E-state index is 0.201. The lowest BCUT2D eigenvalue weighted by Gasteiger charge is -2.13. The number of nitrogens with two attached hydrogens (primary N) is 1. The Morgan fingerprint density at radius 3 is 2.62 bits per heavy atom. The van der Waals surface area contributed by atoms with Crippen molar-refractivity contribution in [3.8, 4) is 10.4 Å². The highest BCUT2D eigenvalue weighted by molar-refractivity contribution is 7.19. The van der Waals surface area contributed by atoms with Gasteiger partial charge >= 0.3 is 6.18 Å². The molecule has 168 valence electrons. The minimum atomic E-state index is -4.35. The molecule has 0 aliphatic heterocycles. The molecule has 2 aromatic carbocycles. The maximum atomic E-state index is 12.7. The molecule has 2 aromatic heterocycles. The first-order valence-electron chi connectivity index (χ1n) is 9.96. The number of alkyl halides is 3. The number of hydrogen-bond donors (Lipinski definition) is 4. The topological polar surface area (TPSA) is 99.9 Å². The van der Waals surface area contributed by atoms with E-state index in [0.29, 0.717) is 23.8 Å². The molecule has 0 saturated heterocycles. The highest BCUT2D eigenvalue weighted by Gasteiger charge is 2.30. The van der Waals surface area contributed by atoms with Crippen LogP contribution in [0.2, 0.25) is 0 Å². The summed E-state index contributed by atoms with van der Waals surface area (Å²) in [6, 6.07) is 10.6. The van der Waals surface area contributed by atoms with Crippen molar-refractivity contribution < 1.29 is 18.3 Å². The van der Waals surface area contributed by atoms with E-state index < -0.39 is 11.7 Å². The van der Waals surface area contributed by atoms with Crippen LogP contribution >= 0.6 is 11.3 Å². The van der Waals surface area contributed by atoms with E-state index in [1.54, 1.807) is 0 Å². The van der Waals surface area contributed by atoms with Gasteiger partial charge in [0.25, 0.3) is 0 Å². The second-order valence-corrected chi connectivity index (χ2v) is 8.56. The second kappa shape index (κ2) is 8.89. The van der Waals surface area contributed by atoms with Gasteiger partial charge in [-0.25, -0.2) is 4.98 Å². The normalized spacial score (nSPS) is 12.9. The van der Waals surface area contributed by atoms with Crippen molar-refractivity contribution in [3.05, 3.63) is 65.0 Å². The average Bonchev–Trinajstić information content (AvgIpc) is 3.35. The monoisotopic (exact) mass is 461 g/mol. The zero-order chi connectivity index (χ0) is 22.9. The maximum Gasteiger partial charge on any atom is 0.416 e. The van der Waals surface area contributed by atoms with Gasteiger partial charge in [-0.3, -0.25) is 5.10 Å². The lowest BCUT2D eigenvalue weighted by atomic mass is 10.0. The third-order valence-electron chi connectivity index (χ3n) is 5.16. The predicted octanol–water partition coefficient (Wildman–Crippen LogP) is 4.49. The number of nitrogens with one attached hydrogen (secondary N) is 2. The Morgan fingerprint density at radius 1 is 1.19 bits per heavy atom. The van der Waals surface area contributed by atoms with E-state index in [1.807, 2.05) is 25.1 Å². The number of anilines is 1. The Balaban J connectivity index is 1.43. The predicted molar refractivity (Wildman–Crippen MR) is 119 cm³/mol. The first kappa shape index (κ1) is 22.3. The second-order valence-electron chi connectivity index (χ2n) is 7.56. The van der Waals surface area contributed by atoms with Gasteiger partial charge < -0.3 is 16.2 Å². The Hall–Kier alpha value is -2.95. The standard InChI is InChI=1S/C22H22F3N5OS/c1-12-17-9-14(4-7-18(17)30-29-12)20-19(11-31)28-21(32-20)27-10-16(26)8-13-2-5-15(6-3-13)22(23,24)25/h2-7,9,16,31H,8,10-11,26H2,1H3,(H,27,28)(H,29,30)/t16-/m0/s1. The molecule has 4 rings (SSSR count). The van der Waals surface area contributed by atoms with Crippen LogP contribution in [0, 0.1) is 6.92 Å². The fourth-order valence-corrected chi connectivity index (χ4v) is 4.45. The molecule has 0 spiro atoms. The quantitative estimate of drug-likeness (QED) is 0.325. The molecule has 1 atom stereocenters. The van der Waals surface area contributed by atoms with Crippen LogP contribution in [0.25, 0.3) is 21.3 Å². The number of rotatable bonds is 7. The molecule has 4 aromatic rings. The Labute approximate surface area is 186 Å². The number of aliphatic hydroxyl groups excluding tert-OH is 1. The van der Waals surface area contributed by atoms with E-state index in [2.05, 4.69) is 20.5 Å². The average molecular weight is 462 g/mol. The third-order valence-corrected chi connectivity index (χ3v) is 6.26. The summed E-state index contributed by atoms with van der Waals surface area (Å²) in [5, 5.41) is 21.8. The molecule has 0 fully saturated rings. The number of aliphatic hydroxyl groups is 1. The van der Waals surface area contributed by atoms with Crippen molar-refractivity contribution in [3.63, 3.8) is 0 Å². The van der Waals surface area contributed by atoms with Crippen LogP contribution in [0.4, 0.5) is 18.3 Å². The largest absolute Gasteiger partial charge is 0.416 e. The third kappa shape index (κ3) is 4.77. The lowest BCUT2D eigenvalue weighted by molar-refractivity contribution is -0.137. The number of aryl methyl sites for hydroxylation is 1. The smallest absolute Gasteiger partial charge is 0.390 e. The first-order chi connectivity index (χ1) is 15.2. The number of benzene rings is 2. The van der Waals surface area contributed by atoms with Gasteiger partial charge in [0.15, 0.2) is 5.13 Å². The zero-order valence-electron chi connectivity index (χ0n) is 17.2. The highest BCUT2D eigenvalue weighted by atomic mass is 32.1.